The summed E-state index contributed by atoms with van der Waals surface area (Å²) >= 11 is 0. The fraction of sp³-hybridized carbons (Fsp3) is 0.389. The highest BCUT2D eigenvalue weighted by atomic mass is 16.2. The lowest BCUT2D eigenvalue weighted by atomic mass is 10.2. The molecule has 2 N–H and O–H groups in total. The molecular weight excluding hydrogens is 318 g/mol. The van der Waals surface area contributed by atoms with Crippen molar-refractivity contribution in [2.45, 2.75) is 20.3 Å². The molecule has 0 saturated carbocycles. The number of rotatable bonds is 8. The van der Waals surface area contributed by atoms with Crippen LogP contribution in [0.1, 0.15) is 19.4 Å². The summed E-state index contributed by atoms with van der Waals surface area (Å²) in [5.41, 5.74) is 2.58. The number of anilines is 2. The molecule has 7 heteroatoms. The van der Waals surface area contributed by atoms with E-state index in [1.54, 1.807) is 28.9 Å². The van der Waals surface area contributed by atoms with Gasteiger partial charge < -0.3 is 10.6 Å². The van der Waals surface area contributed by atoms with Crippen molar-refractivity contribution in [2.75, 3.05) is 30.3 Å². The Hall–Kier alpha value is -2.67. The minimum Gasteiger partial charge on any atom is -0.326 e. The molecule has 0 atom stereocenters. The number of carbonyl (C=O) groups is 2. The highest BCUT2D eigenvalue weighted by molar-refractivity contribution is 5.93. The van der Waals surface area contributed by atoms with E-state index in [1.165, 1.54) is 6.92 Å². The molecule has 1 aromatic carbocycles. The van der Waals surface area contributed by atoms with Crippen molar-refractivity contribution in [3.63, 3.8) is 0 Å². The van der Waals surface area contributed by atoms with E-state index in [9.17, 15) is 9.59 Å². The van der Waals surface area contributed by atoms with Crippen LogP contribution in [-0.4, -0.2) is 46.1 Å². The molecule has 0 unspecified atom stereocenters. The van der Waals surface area contributed by atoms with Gasteiger partial charge in [-0.3, -0.25) is 19.2 Å². The standard InChI is InChI=1S/C18H25N5O2/c1-4-23(10-9-15-11-19-22(3)12-15)13-18(25)21-17-7-5-16(6-8-17)20-14(2)24/h5-8,11-12H,4,9-10,13H2,1-3H3,(H,20,24)(H,21,25). The number of likely N-dealkylation sites (N-methyl/N-ethyl adjacent to an activating group) is 1. The van der Waals surface area contributed by atoms with Gasteiger partial charge in [0.15, 0.2) is 0 Å². The second kappa shape index (κ2) is 8.98. The fourth-order valence-corrected chi connectivity index (χ4v) is 2.48. The van der Waals surface area contributed by atoms with Crippen LogP contribution in [0.3, 0.4) is 0 Å². The quantitative estimate of drug-likeness (QED) is 0.767. The van der Waals surface area contributed by atoms with Gasteiger partial charge in [0, 0.05) is 38.1 Å². The number of benzene rings is 1. The molecule has 2 aromatic rings. The summed E-state index contributed by atoms with van der Waals surface area (Å²) in [6, 6.07) is 7.07. The minimum atomic E-state index is -0.121. The minimum absolute atomic E-state index is 0.0553. The zero-order valence-electron chi connectivity index (χ0n) is 15.0. The molecule has 0 aliphatic heterocycles. The average Bonchev–Trinajstić information content (AvgIpc) is 2.98. The van der Waals surface area contributed by atoms with E-state index in [2.05, 4.69) is 20.6 Å². The molecule has 2 rings (SSSR count). The largest absolute Gasteiger partial charge is 0.326 e. The smallest absolute Gasteiger partial charge is 0.238 e. The molecule has 1 aromatic heterocycles. The highest BCUT2D eigenvalue weighted by Gasteiger charge is 2.10. The summed E-state index contributed by atoms with van der Waals surface area (Å²) in [4.78, 5) is 25.3. The van der Waals surface area contributed by atoms with Gasteiger partial charge in [-0.2, -0.15) is 5.10 Å². The Bertz CT molecular complexity index is 709. The topological polar surface area (TPSA) is 79.3 Å². The van der Waals surface area contributed by atoms with E-state index in [1.807, 2.05) is 26.4 Å². The van der Waals surface area contributed by atoms with Crippen molar-refractivity contribution in [1.82, 2.24) is 14.7 Å². The Balaban J connectivity index is 1.81. The Morgan fingerprint density at radius 3 is 2.32 bits per heavy atom. The number of hydrogen-bond donors (Lipinski definition) is 2. The third-order valence-electron chi connectivity index (χ3n) is 3.78. The van der Waals surface area contributed by atoms with Crippen LogP contribution >= 0.6 is 0 Å². The monoisotopic (exact) mass is 343 g/mol. The normalized spacial score (nSPS) is 10.7. The molecule has 0 radical (unpaired) electrons. The second-order valence-corrected chi connectivity index (χ2v) is 5.95. The summed E-state index contributed by atoms with van der Waals surface area (Å²) in [6.45, 7) is 5.44. The molecule has 0 aliphatic carbocycles. The summed E-state index contributed by atoms with van der Waals surface area (Å²) in [5, 5.41) is 9.73. The maximum atomic E-state index is 12.2. The van der Waals surface area contributed by atoms with E-state index < -0.39 is 0 Å². The van der Waals surface area contributed by atoms with E-state index in [0.717, 1.165) is 25.1 Å². The van der Waals surface area contributed by atoms with Crippen molar-refractivity contribution in [1.29, 1.82) is 0 Å². The third-order valence-corrected chi connectivity index (χ3v) is 3.78. The predicted octanol–water partition coefficient (Wildman–Crippen LogP) is 1.88. The molecule has 25 heavy (non-hydrogen) atoms. The van der Waals surface area contributed by atoms with E-state index >= 15 is 0 Å². The van der Waals surface area contributed by atoms with E-state index in [4.69, 9.17) is 0 Å². The number of nitrogens with zero attached hydrogens (tertiary/aromatic N) is 3. The first kappa shape index (κ1) is 18.7. The lowest BCUT2D eigenvalue weighted by molar-refractivity contribution is -0.117. The number of aromatic nitrogens is 2. The summed E-state index contributed by atoms with van der Waals surface area (Å²) < 4.78 is 1.78. The fourth-order valence-electron chi connectivity index (χ4n) is 2.48. The van der Waals surface area contributed by atoms with Crippen molar-refractivity contribution in [3.05, 3.63) is 42.2 Å². The van der Waals surface area contributed by atoms with Gasteiger partial charge in [-0.1, -0.05) is 6.92 Å². The first-order chi connectivity index (χ1) is 12.0. The first-order valence-electron chi connectivity index (χ1n) is 8.33. The van der Waals surface area contributed by atoms with Gasteiger partial charge >= 0.3 is 0 Å². The molecule has 134 valence electrons. The second-order valence-electron chi connectivity index (χ2n) is 5.95. The first-order valence-corrected chi connectivity index (χ1v) is 8.33. The summed E-state index contributed by atoms with van der Waals surface area (Å²) in [7, 11) is 1.89. The number of aryl methyl sites for hydroxylation is 1. The van der Waals surface area contributed by atoms with Crippen LogP contribution in [0.15, 0.2) is 36.7 Å². The maximum Gasteiger partial charge on any atom is 0.238 e. The molecular formula is C18H25N5O2. The van der Waals surface area contributed by atoms with Gasteiger partial charge in [0.1, 0.15) is 0 Å². The Labute approximate surface area is 148 Å². The molecule has 7 nitrogen and oxygen atoms in total. The van der Waals surface area contributed by atoms with Gasteiger partial charge in [0.05, 0.1) is 12.7 Å². The van der Waals surface area contributed by atoms with Crippen LogP contribution in [0.25, 0.3) is 0 Å². The predicted molar refractivity (Wildman–Crippen MR) is 98.4 cm³/mol. The molecule has 0 saturated heterocycles. The maximum absolute atomic E-state index is 12.2. The Morgan fingerprint density at radius 1 is 1.16 bits per heavy atom. The average molecular weight is 343 g/mol. The van der Waals surface area contributed by atoms with Crippen LogP contribution in [0.2, 0.25) is 0 Å². The Kier molecular flexibility index (Phi) is 6.71. The van der Waals surface area contributed by atoms with Gasteiger partial charge in [0.2, 0.25) is 11.8 Å². The van der Waals surface area contributed by atoms with Crippen LogP contribution in [-0.2, 0) is 23.1 Å². The van der Waals surface area contributed by atoms with Crippen LogP contribution in [0, 0.1) is 0 Å². The molecule has 2 amide bonds. The molecule has 0 fully saturated rings. The van der Waals surface area contributed by atoms with Gasteiger partial charge in [0.25, 0.3) is 0 Å². The molecule has 1 heterocycles. The number of nitrogens with one attached hydrogen (secondary N) is 2. The van der Waals surface area contributed by atoms with Gasteiger partial charge in [-0.15, -0.1) is 0 Å². The van der Waals surface area contributed by atoms with Crippen molar-refractivity contribution < 1.29 is 9.59 Å². The summed E-state index contributed by atoms with van der Waals surface area (Å²) in [5.74, 6) is -0.177. The number of carbonyl (C=O) groups excluding carboxylic acids is 2. The van der Waals surface area contributed by atoms with Crippen molar-refractivity contribution in [3.8, 4) is 0 Å². The van der Waals surface area contributed by atoms with Gasteiger partial charge in [-0.25, -0.2) is 0 Å². The summed E-state index contributed by atoms with van der Waals surface area (Å²) in [6.07, 6.45) is 4.70. The van der Waals surface area contributed by atoms with E-state index in [-0.39, 0.29) is 11.8 Å². The number of amides is 2. The molecule has 0 spiro atoms. The third kappa shape index (κ3) is 6.39. The SMILES string of the molecule is CCN(CCc1cnn(C)c1)CC(=O)Nc1ccc(NC(C)=O)cc1. The highest BCUT2D eigenvalue weighted by Crippen LogP contribution is 2.13. The Morgan fingerprint density at radius 2 is 1.80 bits per heavy atom. The molecule has 0 aliphatic rings. The van der Waals surface area contributed by atoms with Crippen LogP contribution in [0.5, 0.6) is 0 Å². The number of hydrogen-bond acceptors (Lipinski definition) is 4. The zero-order valence-corrected chi connectivity index (χ0v) is 15.0. The van der Waals surface area contributed by atoms with Crippen LogP contribution < -0.4 is 10.6 Å². The van der Waals surface area contributed by atoms with E-state index in [0.29, 0.717) is 17.9 Å². The van der Waals surface area contributed by atoms with Crippen molar-refractivity contribution in [2.24, 2.45) is 7.05 Å². The lowest BCUT2D eigenvalue weighted by Crippen LogP contribution is -2.34. The zero-order chi connectivity index (χ0) is 18.2. The van der Waals surface area contributed by atoms with Gasteiger partial charge in [-0.05, 0) is 42.8 Å². The van der Waals surface area contributed by atoms with Crippen molar-refractivity contribution >= 4 is 23.2 Å². The van der Waals surface area contributed by atoms with Crippen LogP contribution in [0.4, 0.5) is 11.4 Å². The molecule has 0 bridgehead atoms. The lowest BCUT2D eigenvalue weighted by Gasteiger charge is -2.19.